The Morgan fingerprint density at radius 2 is 2.18 bits per heavy atom. The molecule has 4 heteroatoms. The molecule has 4 nitrogen and oxygen atoms in total. The van der Waals surface area contributed by atoms with Gasteiger partial charge in [-0.25, -0.2) is 4.98 Å². The van der Waals surface area contributed by atoms with Gasteiger partial charge in [-0.05, 0) is 37.3 Å². The van der Waals surface area contributed by atoms with Gasteiger partial charge in [-0.3, -0.25) is 0 Å². The van der Waals surface area contributed by atoms with E-state index in [0.29, 0.717) is 12.0 Å². The minimum atomic E-state index is 0.283. The molecule has 3 aromatic rings. The molecule has 1 fully saturated rings. The fourth-order valence-corrected chi connectivity index (χ4v) is 3.57. The highest BCUT2D eigenvalue weighted by Gasteiger charge is 2.25. The van der Waals surface area contributed by atoms with Crippen molar-refractivity contribution in [1.82, 2.24) is 9.55 Å². The van der Waals surface area contributed by atoms with Crippen molar-refractivity contribution in [2.75, 3.05) is 6.61 Å². The van der Waals surface area contributed by atoms with Crippen molar-refractivity contribution in [3.8, 4) is 11.6 Å². The lowest BCUT2D eigenvalue weighted by atomic mass is 9.86. The van der Waals surface area contributed by atoms with Gasteiger partial charge < -0.3 is 14.1 Å². The quantitative estimate of drug-likeness (QED) is 0.794. The van der Waals surface area contributed by atoms with E-state index in [4.69, 9.17) is 4.42 Å². The van der Waals surface area contributed by atoms with Gasteiger partial charge in [0.2, 0.25) is 0 Å². The van der Waals surface area contributed by atoms with Crippen molar-refractivity contribution in [2.24, 2.45) is 5.92 Å². The van der Waals surface area contributed by atoms with E-state index >= 15 is 0 Å². The van der Waals surface area contributed by atoms with E-state index < -0.39 is 0 Å². The summed E-state index contributed by atoms with van der Waals surface area (Å²) in [5.74, 6) is 2.11. The molecule has 0 radical (unpaired) electrons. The van der Waals surface area contributed by atoms with E-state index in [2.05, 4.69) is 21.7 Å². The predicted octanol–water partition coefficient (Wildman–Crippen LogP) is 4.02. The summed E-state index contributed by atoms with van der Waals surface area (Å²) in [6.07, 6.45) is 8.31. The lowest BCUT2D eigenvalue weighted by Crippen LogP contribution is -2.21. The number of aliphatic hydroxyl groups is 1. The number of furan rings is 1. The molecular formula is C18H20N2O2. The highest BCUT2D eigenvalue weighted by atomic mass is 16.3. The first-order chi connectivity index (χ1) is 10.8. The predicted molar refractivity (Wildman–Crippen MR) is 85.5 cm³/mol. The van der Waals surface area contributed by atoms with Crippen LogP contribution in [-0.2, 0) is 0 Å². The monoisotopic (exact) mass is 296 g/mol. The zero-order valence-corrected chi connectivity index (χ0v) is 12.5. The number of benzene rings is 1. The SMILES string of the molecule is OC[C@H]1CCC[C@@H](n2ccnc2-c2cc3ccccc3o2)C1. The number of hydrogen-bond acceptors (Lipinski definition) is 3. The summed E-state index contributed by atoms with van der Waals surface area (Å²) in [5, 5.41) is 10.5. The van der Waals surface area contributed by atoms with Crippen LogP contribution in [0.25, 0.3) is 22.6 Å². The summed E-state index contributed by atoms with van der Waals surface area (Å²) < 4.78 is 8.19. The van der Waals surface area contributed by atoms with Gasteiger partial charge in [0.25, 0.3) is 0 Å². The third kappa shape index (κ3) is 2.33. The summed E-state index contributed by atoms with van der Waals surface area (Å²) >= 11 is 0. The van der Waals surface area contributed by atoms with E-state index in [-0.39, 0.29) is 6.61 Å². The molecular weight excluding hydrogens is 276 g/mol. The molecule has 1 N–H and O–H groups in total. The van der Waals surface area contributed by atoms with Gasteiger partial charge in [0, 0.05) is 30.4 Å². The lowest BCUT2D eigenvalue weighted by molar-refractivity contribution is 0.163. The van der Waals surface area contributed by atoms with E-state index in [1.165, 1.54) is 0 Å². The van der Waals surface area contributed by atoms with Crippen LogP contribution in [0.2, 0.25) is 0 Å². The number of nitrogens with zero attached hydrogens (tertiary/aromatic N) is 2. The molecule has 4 rings (SSSR count). The molecule has 2 atom stereocenters. The van der Waals surface area contributed by atoms with E-state index in [9.17, 15) is 5.11 Å². The first kappa shape index (κ1) is 13.6. The van der Waals surface area contributed by atoms with E-state index in [1.54, 1.807) is 0 Å². The molecule has 0 saturated heterocycles. The Kier molecular flexibility index (Phi) is 3.47. The highest BCUT2D eigenvalue weighted by molar-refractivity contribution is 5.81. The minimum Gasteiger partial charge on any atom is -0.453 e. The maximum Gasteiger partial charge on any atom is 0.176 e. The van der Waals surface area contributed by atoms with Crippen LogP contribution in [0, 0.1) is 5.92 Å². The fraction of sp³-hybridized carbons (Fsp3) is 0.389. The number of imidazole rings is 1. The average Bonchev–Trinajstić information content (AvgIpc) is 3.21. The number of rotatable bonds is 3. The molecule has 2 heterocycles. The van der Waals surface area contributed by atoms with Crippen molar-refractivity contribution in [3.05, 3.63) is 42.7 Å². The van der Waals surface area contributed by atoms with Crippen LogP contribution in [0.4, 0.5) is 0 Å². The summed E-state index contributed by atoms with van der Waals surface area (Å²) in [6.45, 7) is 0.283. The molecule has 114 valence electrons. The number of aromatic nitrogens is 2. The molecule has 0 unspecified atom stereocenters. The third-order valence-electron chi connectivity index (χ3n) is 4.72. The second kappa shape index (κ2) is 5.61. The van der Waals surface area contributed by atoms with Crippen LogP contribution in [0.5, 0.6) is 0 Å². The van der Waals surface area contributed by atoms with E-state index in [0.717, 1.165) is 48.2 Å². The van der Waals surface area contributed by atoms with Gasteiger partial charge in [-0.15, -0.1) is 0 Å². The van der Waals surface area contributed by atoms with Crippen LogP contribution in [-0.4, -0.2) is 21.3 Å². The minimum absolute atomic E-state index is 0.283. The van der Waals surface area contributed by atoms with Crippen molar-refractivity contribution in [1.29, 1.82) is 0 Å². The van der Waals surface area contributed by atoms with Gasteiger partial charge in [0.1, 0.15) is 5.58 Å². The largest absolute Gasteiger partial charge is 0.453 e. The maximum atomic E-state index is 9.44. The average molecular weight is 296 g/mol. The van der Waals surface area contributed by atoms with Crippen molar-refractivity contribution < 1.29 is 9.52 Å². The highest BCUT2D eigenvalue weighted by Crippen LogP contribution is 2.36. The molecule has 1 aliphatic carbocycles. The van der Waals surface area contributed by atoms with Crippen molar-refractivity contribution in [2.45, 2.75) is 31.7 Å². The molecule has 0 aliphatic heterocycles. The molecule has 1 aromatic carbocycles. The molecule has 2 aromatic heterocycles. The number of hydrogen-bond donors (Lipinski definition) is 1. The van der Waals surface area contributed by atoms with Gasteiger partial charge in [0.15, 0.2) is 11.6 Å². The molecule has 0 spiro atoms. The number of para-hydroxylation sites is 1. The molecule has 1 aliphatic rings. The van der Waals surface area contributed by atoms with Gasteiger partial charge in [-0.2, -0.15) is 0 Å². The Hall–Kier alpha value is -2.07. The van der Waals surface area contributed by atoms with Gasteiger partial charge >= 0.3 is 0 Å². The third-order valence-corrected chi connectivity index (χ3v) is 4.72. The maximum absolute atomic E-state index is 9.44. The molecule has 22 heavy (non-hydrogen) atoms. The van der Waals surface area contributed by atoms with Crippen molar-refractivity contribution >= 4 is 11.0 Å². The van der Waals surface area contributed by atoms with Gasteiger partial charge in [0.05, 0.1) is 0 Å². The Morgan fingerprint density at radius 1 is 1.27 bits per heavy atom. The Balaban J connectivity index is 1.70. The normalized spacial score (nSPS) is 22.2. The van der Waals surface area contributed by atoms with Crippen LogP contribution in [0.15, 0.2) is 47.1 Å². The Bertz CT molecular complexity index is 741. The van der Waals surface area contributed by atoms with Crippen LogP contribution >= 0.6 is 0 Å². The molecule has 0 bridgehead atoms. The standard InChI is InChI=1S/C18H20N2O2/c21-12-13-4-3-6-15(10-13)20-9-8-19-18(20)17-11-14-5-1-2-7-16(14)22-17/h1-2,5,7-9,11,13,15,21H,3-4,6,10,12H2/t13-,15+/m0/s1. The number of aliphatic hydroxyl groups excluding tert-OH is 1. The Labute approximate surface area is 129 Å². The summed E-state index contributed by atoms with van der Waals surface area (Å²) in [4.78, 5) is 4.51. The summed E-state index contributed by atoms with van der Waals surface area (Å²) in [7, 11) is 0. The first-order valence-corrected chi connectivity index (χ1v) is 7.98. The zero-order chi connectivity index (χ0) is 14.9. The van der Waals surface area contributed by atoms with Crippen LogP contribution in [0.1, 0.15) is 31.7 Å². The van der Waals surface area contributed by atoms with Crippen LogP contribution in [0.3, 0.4) is 0 Å². The summed E-state index contributed by atoms with van der Waals surface area (Å²) in [6, 6.07) is 10.5. The second-order valence-corrected chi connectivity index (χ2v) is 6.18. The number of fused-ring (bicyclic) bond motifs is 1. The summed E-state index contributed by atoms with van der Waals surface area (Å²) in [5.41, 5.74) is 0.893. The van der Waals surface area contributed by atoms with Gasteiger partial charge in [-0.1, -0.05) is 24.6 Å². The molecule has 1 saturated carbocycles. The fourth-order valence-electron chi connectivity index (χ4n) is 3.57. The topological polar surface area (TPSA) is 51.2 Å². The smallest absolute Gasteiger partial charge is 0.176 e. The molecule has 0 amide bonds. The lowest BCUT2D eigenvalue weighted by Gasteiger charge is -2.29. The second-order valence-electron chi connectivity index (χ2n) is 6.18. The van der Waals surface area contributed by atoms with Crippen molar-refractivity contribution in [3.63, 3.8) is 0 Å². The van der Waals surface area contributed by atoms with E-state index in [1.807, 2.05) is 30.6 Å². The first-order valence-electron chi connectivity index (χ1n) is 7.98. The zero-order valence-electron chi connectivity index (χ0n) is 12.5. The Morgan fingerprint density at radius 3 is 3.05 bits per heavy atom. The van der Waals surface area contributed by atoms with Crippen LogP contribution < -0.4 is 0 Å².